The number of hydrogen-bond donors (Lipinski definition) is 3. The van der Waals surface area contributed by atoms with Crippen LogP contribution in [0.25, 0.3) is 0 Å². The Morgan fingerprint density at radius 2 is 1.67 bits per heavy atom. The van der Waals surface area contributed by atoms with Gasteiger partial charge in [-0.1, -0.05) is 51.1 Å². The fourth-order valence-corrected chi connectivity index (χ4v) is 3.63. The van der Waals surface area contributed by atoms with Crippen molar-refractivity contribution in [3.8, 4) is 0 Å². The average molecular weight is 462 g/mol. The van der Waals surface area contributed by atoms with E-state index in [1.165, 1.54) is 7.11 Å². The number of nitrogens with one attached hydrogen (secondary N) is 3. The fourth-order valence-electron chi connectivity index (χ4n) is 3.63. The van der Waals surface area contributed by atoms with E-state index in [4.69, 9.17) is 9.47 Å². The van der Waals surface area contributed by atoms with E-state index in [0.717, 1.165) is 25.7 Å². The highest BCUT2D eigenvalue weighted by Crippen LogP contribution is 2.23. The van der Waals surface area contributed by atoms with Gasteiger partial charge in [-0.25, -0.2) is 9.59 Å². The van der Waals surface area contributed by atoms with E-state index < -0.39 is 35.5 Å². The number of ketones is 1. The van der Waals surface area contributed by atoms with Crippen molar-refractivity contribution in [1.82, 2.24) is 16.0 Å². The first kappa shape index (κ1) is 26.3. The summed E-state index contributed by atoms with van der Waals surface area (Å²) in [4.78, 5) is 49.9. The quantitative estimate of drug-likeness (QED) is 0.361. The second kappa shape index (κ2) is 12.3. The molecular weight excluding hydrogens is 426 g/mol. The van der Waals surface area contributed by atoms with Gasteiger partial charge in [0.05, 0.1) is 13.7 Å². The molecule has 0 aromatic heterocycles. The monoisotopic (exact) mass is 461 g/mol. The predicted molar refractivity (Wildman–Crippen MR) is 123 cm³/mol. The molecule has 0 heterocycles. The zero-order valence-corrected chi connectivity index (χ0v) is 19.8. The normalized spacial score (nSPS) is 15.9. The standard InChI is InChI=1S/C24H35N3O6/c1-24(2,3)20(27-23(31)33-17-12-8-9-13-17)21(29)26-18(22(30)32-4)14-25-15-19(28)16-10-6-5-7-11-16/h5-7,10-11,17-18,20,25H,8-9,12-15H2,1-4H3,(H,26,29)(H,27,31)/t18-,20+/m0/s1. The smallest absolute Gasteiger partial charge is 0.408 e. The number of alkyl carbamates (subject to hydrolysis) is 1. The Morgan fingerprint density at radius 1 is 1.03 bits per heavy atom. The van der Waals surface area contributed by atoms with E-state index in [-0.39, 0.29) is 25.0 Å². The number of rotatable bonds is 10. The van der Waals surface area contributed by atoms with Gasteiger partial charge < -0.3 is 25.4 Å². The molecule has 0 bridgehead atoms. The molecule has 3 N–H and O–H groups in total. The SMILES string of the molecule is COC(=O)[C@H](CNCC(=O)c1ccccc1)NC(=O)[C@@H](NC(=O)OC1CCCC1)C(C)(C)C. The topological polar surface area (TPSA) is 123 Å². The number of carbonyl (C=O) groups excluding carboxylic acids is 4. The fraction of sp³-hybridized carbons (Fsp3) is 0.583. The Bertz CT molecular complexity index is 815. The molecule has 1 saturated carbocycles. The van der Waals surface area contributed by atoms with Gasteiger partial charge in [-0.15, -0.1) is 0 Å². The van der Waals surface area contributed by atoms with Crippen LogP contribution in [0.5, 0.6) is 0 Å². The number of benzene rings is 1. The Labute approximate surface area is 195 Å². The van der Waals surface area contributed by atoms with Crippen LogP contribution in [0.15, 0.2) is 30.3 Å². The second-order valence-electron chi connectivity index (χ2n) is 9.26. The lowest BCUT2D eigenvalue weighted by Gasteiger charge is -2.31. The molecule has 2 amide bonds. The van der Waals surface area contributed by atoms with Gasteiger partial charge in [0.1, 0.15) is 18.2 Å². The van der Waals surface area contributed by atoms with Crippen molar-refractivity contribution >= 4 is 23.8 Å². The van der Waals surface area contributed by atoms with Crippen molar-refractivity contribution in [3.05, 3.63) is 35.9 Å². The minimum Gasteiger partial charge on any atom is -0.467 e. The maximum atomic E-state index is 13.0. The largest absolute Gasteiger partial charge is 0.467 e. The summed E-state index contributed by atoms with van der Waals surface area (Å²) < 4.78 is 10.2. The molecule has 33 heavy (non-hydrogen) atoms. The number of methoxy groups -OCH3 is 1. The third kappa shape index (κ3) is 8.49. The van der Waals surface area contributed by atoms with Gasteiger partial charge in [-0.3, -0.25) is 9.59 Å². The molecule has 0 saturated heterocycles. The zero-order valence-electron chi connectivity index (χ0n) is 19.8. The molecule has 0 radical (unpaired) electrons. The summed E-state index contributed by atoms with van der Waals surface area (Å²) in [6.07, 6.45) is 2.87. The van der Waals surface area contributed by atoms with Crippen LogP contribution in [0, 0.1) is 5.41 Å². The van der Waals surface area contributed by atoms with Crippen LogP contribution in [-0.4, -0.2) is 62.1 Å². The van der Waals surface area contributed by atoms with Crippen LogP contribution in [0.2, 0.25) is 0 Å². The third-order valence-electron chi connectivity index (χ3n) is 5.50. The molecule has 2 atom stereocenters. The molecule has 1 fully saturated rings. The molecule has 9 nitrogen and oxygen atoms in total. The number of Topliss-reactive ketones (excluding diaryl/α,β-unsaturated/α-hetero) is 1. The first-order chi connectivity index (χ1) is 15.6. The third-order valence-corrected chi connectivity index (χ3v) is 5.50. The maximum absolute atomic E-state index is 13.0. The van der Waals surface area contributed by atoms with E-state index in [1.54, 1.807) is 45.0 Å². The highest BCUT2D eigenvalue weighted by Gasteiger charge is 2.36. The summed E-state index contributed by atoms with van der Waals surface area (Å²) >= 11 is 0. The van der Waals surface area contributed by atoms with Crippen LogP contribution in [0.3, 0.4) is 0 Å². The number of carbonyl (C=O) groups is 4. The molecule has 182 valence electrons. The van der Waals surface area contributed by atoms with Crippen LogP contribution in [0.4, 0.5) is 4.79 Å². The number of ether oxygens (including phenoxy) is 2. The minimum absolute atomic E-state index is 0.0119. The summed E-state index contributed by atoms with van der Waals surface area (Å²) in [7, 11) is 1.22. The summed E-state index contributed by atoms with van der Waals surface area (Å²) in [5, 5.41) is 8.17. The van der Waals surface area contributed by atoms with E-state index >= 15 is 0 Å². The first-order valence-electron chi connectivity index (χ1n) is 11.3. The van der Waals surface area contributed by atoms with Crippen LogP contribution >= 0.6 is 0 Å². The highest BCUT2D eigenvalue weighted by atomic mass is 16.6. The molecule has 9 heteroatoms. The lowest BCUT2D eigenvalue weighted by Crippen LogP contribution is -2.58. The van der Waals surface area contributed by atoms with Crippen molar-refractivity contribution in [1.29, 1.82) is 0 Å². The molecule has 0 spiro atoms. The lowest BCUT2D eigenvalue weighted by molar-refractivity contribution is -0.145. The average Bonchev–Trinajstić information content (AvgIpc) is 3.28. The van der Waals surface area contributed by atoms with Gasteiger partial charge >= 0.3 is 12.1 Å². The van der Waals surface area contributed by atoms with Crippen molar-refractivity contribution < 1.29 is 28.7 Å². The van der Waals surface area contributed by atoms with E-state index in [9.17, 15) is 19.2 Å². The van der Waals surface area contributed by atoms with Crippen molar-refractivity contribution in [2.24, 2.45) is 5.41 Å². The van der Waals surface area contributed by atoms with E-state index in [2.05, 4.69) is 16.0 Å². The van der Waals surface area contributed by atoms with Crippen molar-refractivity contribution in [3.63, 3.8) is 0 Å². The Kier molecular flexibility index (Phi) is 9.84. The first-order valence-corrected chi connectivity index (χ1v) is 11.3. The van der Waals surface area contributed by atoms with E-state index in [0.29, 0.717) is 5.56 Å². The summed E-state index contributed by atoms with van der Waals surface area (Å²) in [5.41, 5.74) is -0.0997. The van der Waals surface area contributed by atoms with Crippen LogP contribution in [0.1, 0.15) is 56.8 Å². The Hall–Kier alpha value is -2.94. The molecule has 2 rings (SSSR count). The minimum atomic E-state index is -1.04. The van der Waals surface area contributed by atoms with Gasteiger partial charge in [0, 0.05) is 12.1 Å². The molecular formula is C24H35N3O6. The van der Waals surface area contributed by atoms with Crippen molar-refractivity contribution in [2.75, 3.05) is 20.2 Å². The van der Waals surface area contributed by atoms with E-state index in [1.807, 2.05) is 6.07 Å². The lowest BCUT2D eigenvalue weighted by atomic mass is 9.86. The van der Waals surface area contributed by atoms with Gasteiger partial charge in [-0.05, 0) is 31.1 Å². The molecule has 1 aliphatic rings. The highest BCUT2D eigenvalue weighted by molar-refractivity contribution is 5.97. The molecule has 0 unspecified atom stereocenters. The molecule has 0 aliphatic heterocycles. The number of amides is 2. The predicted octanol–water partition coefficient (Wildman–Crippen LogP) is 2.20. The van der Waals surface area contributed by atoms with Crippen molar-refractivity contribution in [2.45, 2.75) is 64.6 Å². The maximum Gasteiger partial charge on any atom is 0.408 e. The molecule has 1 aromatic rings. The molecule has 1 aromatic carbocycles. The number of esters is 1. The molecule has 1 aliphatic carbocycles. The summed E-state index contributed by atoms with van der Waals surface area (Å²) in [6.45, 7) is 5.38. The van der Waals surface area contributed by atoms with Crippen LogP contribution in [-0.2, 0) is 19.1 Å². The van der Waals surface area contributed by atoms with Gasteiger partial charge in [0.25, 0.3) is 0 Å². The summed E-state index contributed by atoms with van der Waals surface area (Å²) in [5.74, 6) is -1.35. The second-order valence-corrected chi connectivity index (χ2v) is 9.26. The Morgan fingerprint density at radius 3 is 2.24 bits per heavy atom. The zero-order chi connectivity index (χ0) is 24.4. The van der Waals surface area contributed by atoms with Gasteiger partial charge in [-0.2, -0.15) is 0 Å². The Balaban J connectivity index is 1.97. The summed E-state index contributed by atoms with van der Waals surface area (Å²) in [6, 6.07) is 6.77. The van der Waals surface area contributed by atoms with Gasteiger partial charge in [0.2, 0.25) is 5.91 Å². The van der Waals surface area contributed by atoms with Crippen LogP contribution < -0.4 is 16.0 Å². The van der Waals surface area contributed by atoms with Gasteiger partial charge in [0.15, 0.2) is 5.78 Å². The number of hydrogen-bond acceptors (Lipinski definition) is 7.